The molecule has 15 heavy (non-hydrogen) atoms. The Morgan fingerprint density at radius 1 is 1.73 bits per heavy atom. The topological polar surface area (TPSA) is 55.7 Å². The molecule has 0 aliphatic carbocycles. The van der Waals surface area contributed by atoms with Gasteiger partial charge in [-0.3, -0.25) is 4.90 Å². The fraction of sp³-hybridized carbons (Fsp3) is 0.636. The summed E-state index contributed by atoms with van der Waals surface area (Å²) in [4.78, 5) is 9.23. The highest BCUT2D eigenvalue weighted by molar-refractivity contribution is 5.12. The first kappa shape index (κ1) is 10.2. The van der Waals surface area contributed by atoms with E-state index >= 15 is 0 Å². The van der Waals surface area contributed by atoms with Crippen LogP contribution >= 0.6 is 0 Å². The number of hydrogen-bond donors (Lipinski definition) is 1. The molecule has 2 unspecified atom stereocenters. The SMILES string of the molecule is CC1CCCN(C(C#N)c2cnc[nH]2)C1. The summed E-state index contributed by atoms with van der Waals surface area (Å²) in [6.07, 6.45) is 5.84. The molecule has 1 aromatic rings. The number of imidazole rings is 1. The van der Waals surface area contributed by atoms with Crippen LogP contribution in [0.15, 0.2) is 12.5 Å². The van der Waals surface area contributed by atoms with Gasteiger partial charge in [-0.2, -0.15) is 5.26 Å². The minimum Gasteiger partial charge on any atom is -0.346 e. The second-order valence-electron chi connectivity index (χ2n) is 4.28. The first-order valence-corrected chi connectivity index (χ1v) is 5.43. The van der Waals surface area contributed by atoms with E-state index in [2.05, 4.69) is 27.9 Å². The van der Waals surface area contributed by atoms with Crippen LogP contribution in [0.25, 0.3) is 0 Å². The van der Waals surface area contributed by atoms with E-state index in [-0.39, 0.29) is 6.04 Å². The van der Waals surface area contributed by atoms with E-state index in [9.17, 15) is 5.26 Å². The molecule has 1 aliphatic rings. The first-order valence-electron chi connectivity index (χ1n) is 5.43. The summed E-state index contributed by atoms with van der Waals surface area (Å²) in [5, 5.41) is 9.20. The molecular weight excluding hydrogens is 188 g/mol. The molecule has 2 atom stereocenters. The zero-order valence-corrected chi connectivity index (χ0v) is 8.98. The fourth-order valence-corrected chi connectivity index (χ4v) is 2.22. The lowest BCUT2D eigenvalue weighted by molar-refractivity contribution is 0.154. The molecule has 0 radical (unpaired) electrons. The molecule has 2 heterocycles. The van der Waals surface area contributed by atoms with Crippen molar-refractivity contribution in [2.24, 2.45) is 5.92 Å². The number of nitrogens with zero attached hydrogens (tertiary/aromatic N) is 3. The number of likely N-dealkylation sites (tertiary alicyclic amines) is 1. The zero-order valence-electron chi connectivity index (χ0n) is 8.98. The molecule has 1 aromatic heterocycles. The van der Waals surface area contributed by atoms with E-state index in [4.69, 9.17) is 0 Å². The summed E-state index contributed by atoms with van der Waals surface area (Å²) >= 11 is 0. The van der Waals surface area contributed by atoms with Crippen LogP contribution in [0.4, 0.5) is 0 Å². The number of hydrogen-bond acceptors (Lipinski definition) is 3. The maximum atomic E-state index is 9.20. The van der Waals surface area contributed by atoms with Crippen LogP contribution in [0, 0.1) is 17.2 Å². The van der Waals surface area contributed by atoms with Gasteiger partial charge in [0.15, 0.2) is 0 Å². The van der Waals surface area contributed by atoms with Crippen molar-refractivity contribution in [2.45, 2.75) is 25.8 Å². The van der Waals surface area contributed by atoms with Crippen molar-refractivity contribution in [2.75, 3.05) is 13.1 Å². The van der Waals surface area contributed by atoms with Crippen molar-refractivity contribution < 1.29 is 0 Å². The number of piperidine rings is 1. The Morgan fingerprint density at radius 2 is 2.60 bits per heavy atom. The lowest BCUT2D eigenvalue weighted by Crippen LogP contribution is -2.37. The van der Waals surface area contributed by atoms with Crippen molar-refractivity contribution in [3.8, 4) is 6.07 Å². The van der Waals surface area contributed by atoms with Crippen LogP contribution in [-0.4, -0.2) is 28.0 Å². The highest BCUT2D eigenvalue weighted by atomic mass is 15.2. The van der Waals surface area contributed by atoms with Crippen molar-refractivity contribution in [1.29, 1.82) is 5.26 Å². The number of rotatable bonds is 2. The summed E-state index contributed by atoms with van der Waals surface area (Å²) in [6, 6.07) is 2.19. The smallest absolute Gasteiger partial charge is 0.140 e. The van der Waals surface area contributed by atoms with Crippen LogP contribution in [0.2, 0.25) is 0 Å². The average molecular weight is 204 g/mol. The predicted octanol–water partition coefficient (Wildman–Crippen LogP) is 1.71. The minimum absolute atomic E-state index is 0.157. The molecule has 1 saturated heterocycles. The van der Waals surface area contributed by atoms with E-state index in [0.717, 1.165) is 18.8 Å². The normalized spacial score (nSPS) is 24.7. The van der Waals surface area contributed by atoms with E-state index in [0.29, 0.717) is 5.92 Å². The third kappa shape index (κ3) is 2.18. The van der Waals surface area contributed by atoms with E-state index in [1.165, 1.54) is 12.8 Å². The van der Waals surface area contributed by atoms with Crippen LogP contribution in [-0.2, 0) is 0 Å². The number of H-pyrrole nitrogens is 1. The average Bonchev–Trinajstić information content (AvgIpc) is 2.72. The van der Waals surface area contributed by atoms with E-state index in [1.807, 2.05) is 0 Å². The van der Waals surface area contributed by atoms with Crippen molar-refractivity contribution in [3.05, 3.63) is 18.2 Å². The number of nitrogens with one attached hydrogen (secondary N) is 1. The van der Waals surface area contributed by atoms with Gasteiger partial charge in [0.1, 0.15) is 6.04 Å². The molecule has 0 amide bonds. The maximum absolute atomic E-state index is 9.20. The second kappa shape index (κ2) is 4.45. The summed E-state index contributed by atoms with van der Waals surface area (Å²) in [5.41, 5.74) is 0.909. The molecule has 1 fully saturated rings. The Balaban J connectivity index is 2.10. The van der Waals surface area contributed by atoms with Crippen molar-refractivity contribution in [3.63, 3.8) is 0 Å². The summed E-state index contributed by atoms with van der Waals surface area (Å²) < 4.78 is 0. The fourth-order valence-electron chi connectivity index (χ4n) is 2.22. The van der Waals surface area contributed by atoms with Crippen molar-refractivity contribution >= 4 is 0 Å². The molecular formula is C11H16N4. The van der Waals surface area contributed by atoms with Gasteiger partial charge in [0.05, 0.1) is 24.3 Å². The van der Waals surface area contributed by atoms with Gasteiger partial charge < -0.3 is 4.98 Å². The van der Waals surface area contributed by atoms with Crippen LogP contribution in [0.3, 0.4) is 0 Å². The molecule has 1 aliphatic heterocycles. The van der Waals surface area contributed by atoms with Crippen LogP contribution in [0.1, 0.15) is 31.5 Å². The zero-order chi connectivity index (χ0) is 10.7. The van der Waals surface area contributed by atoms with Gasteiger partial charge in [0, 0.05) is 6.54 Å². The molecule has 2 rings (SSSR count). The summed E-state index contributed by atoms with van der Waals surface area (Å²) in [6.45, 7) is 4.27. The van der Waals surface area contributed by atoms with Crippen LogP contribution < -0.4 is 0 Å². The van der Waals surface area contributed by atoms with E-state index in [1.54, 1.807) is 12.5 Å². The Hall–Kier alpha value is -1.34. The predicted molar refractivity (Wildman–Crippen MR) is 56.9 cm³/mol. The monoisotopic (exact) mass is 204 g/mol. The highest BCUT2D eigenvalue weighted by Crippen LogP contribution is 2.24. The van der Waals surface area contributed by atoms with Gasteiger partial charge in [-0.15, -0.1) is 0 Å². The minimum atomic E-state index is -0.157. The third-order valence-corrected chi connectivity index (χ3v) is 2.99. The number of nitriles is 1. The highest BCUT2D eigenvalue weighted by Gasteiger charge is 2.25. The van der Waals surface area contributed by atoms with Crippen LogP contribution in [0.5, 0.6) is 0 Å². The molecule has 0 saturated carbocycles. The Bertz CT molecular complexity index is 338. The molecule has 4 nitrogen and oxygen atoms in total. The van der Waals surface area contributed by atoms with Crippen molar-refractivity contribution in [1.82, 2.24) is 14.9 Å². The standard InChI is InChI=1S/C11H16N4/c1-9-3-2-4-15(7-9)11(5-12)10-6-13-8-14-10/h6,8-9,11H,2-4,7H2,1H3,(H,13,14). The molecule has 0 spiro atoms. The summed E-state index contributed by atoms with van der Waals surface area (Å²) in [7, 11) is 0. The largest absolute Gasteiger partial charge is 0.346 e. The number of aromatic amines is 1. The molecule has 0 bridgehead atoms. The summed E-state index contributed by atoms with van der Waals surface area (Å²) in [5.74, 6) is 0.692. The Morgan fingerprint density at radius 3 is 3.20 bits per heavy atom. The number of aromatic nitrogens is 2. The van der Waals surface area contributed by atoms with Gasteiger partial charge in [0.2, 0.25) is 0 Å². The lowest BCUT2D eigenvalue weighted by Gasteiger charge is -2.33. The Kier molecular flexibility index (Phi) is 3.02. The Labute approximate surface area is 89.9 Å². The second-order valence-corrected chi connectivity index (χ2v) is 4.28. The first-order chi connectivity index (χ1) is 7.31. The van der Waals surface area contributed by atoms with Gasteiger partial charge in [0.25, 0.3) is 0 Å². The van der Waals surface area contributed by atoms with Gasteiger partial charge in [-0.1, -0.05) is 6.92 Å². The quantitative estimate of drug-likeness (QED) is 0.797. The maximum Gasteiger partial charge on any atom is 0.140 e. The van der Waals surface area contributed by atoms with Gasteiger partial charge >= 0.3 is 0 Å². The molecule has 80 valence electrons. The molecule has 1 N–H and O–H groups in total. The van der Waals surface area contributed by atoms with Gasteiger partial charge in [-0.05, 0) is 25.3 Å². The van der Waals surface area contributed by atoms with E-state index < -0.39 is 0 Å². The molecule has 0 aromatic carbocycles. The molecule has 4 heteroatoms. The lowest BCUT2D eigenvalue weighted by atomic mass is 9.98. The third-order valence-electron chi connectivity index (χ3n) is 2.99. The van der Waals surface area contributed by atoms with Gasteiger partial charge in [-0.25, -0.2) is 4.98 Å².